The molecule has 13 heteroatoms. The molecule has 0 spiro atoms. The number of amides is 1. The number of H-pyrrole nitrogens is 1. The van der Waals surface area contributed by atoms with Gasteiger partial charge in [0.1, 0.15) is 6.10 Å². The summed E-state index contributed by atoms with van der Waals surface area (Å²) in [7, 11) is 2.28. The number of carbonyl (C=O) groups excluding carboxylic acids is 3. The zero-order chi connectivity index (χ0) is 24.1. The summed E-state index contributed by atoms with van der Waals surface area (Å²) in [5, 5.41) is 10.7. The second-order valence-electron chi connectivity index (χ2n) is 6.92. The van der Waals surface area contributed by atoms with Crippen LogP contribution in [0.1, 0.15) is 26.9 Å². The summed E-state index contributed by atoms with van der Waals surface area (Å²) >= 11 is 0. The first-order valence-electron chi connectivity index (χ1n) is 9.60. The highest BCUT2D eigenvalue weighted by Gasteiger charge is 2.49. The zero-order valence-corrected chi connectivity index (χ0v) is 17.5. The van der Waals surface area contributed by atoms with Crippen LogP contribution in [-0.4, -0.2) is 65.5 Å². The molecule has 0 saturated carbocycles. The van der Waals surface area contributed by atoms with Crippen molar-refractivity contribution in [3.8, 4) is 0 Å². The molecule has 1 saturated heterocycles. The van der Waals surface area contributed by atoms with Gasteiger partial charge in [0.05, 0.1) is 37.9 Å². The average Bonchev–Trinajstić information content (AvgIpc) is 3.14. The van der Waals surface area contributed by atoms with Crippen LogP contribution in [0.25, 0.3) is 0 Å². The van der Waals surface area contributed by atoms with Crippen molar-refractivity contribution in [1.82, 2.24) is 15.0 Å². The minimum atomic E-state index is -1.45. The Balaban J connectivity index is 1.74. The minimum absolute atomic E-state index is 0.00952. The molecule has 4 atom stereocenters. The van der Waals surface area contributed by atoms with E-state index in [2.05, 4.69) is 15.0 Å². The molecule has 3 rings (SSSR count). The van der Waals surface area contributed by atoms with Crippen LogP contribution in [-0.2, 0) is 23.8 Å². The summed E-state index contributed by atoms with van der Waals surface area (Å²) in [6.45, 7) is -0.415. The van der Waals surface area contributed by atoms with Gasteiger partial charge in [0.25, 0.3) is 11.5 Å². The number of hydrogen-bond donors (Lipinski definition) is 3. The fourth-order valence-corrected chi connectivity index (χ4v) is 3.34. The number of nitrogens with zero attached hydrogens (tertiary/aromatic N) is 1. The fraction of sp³-hybridized carbons (Fsp3) is 0.350. The van der Waals surface area contributed by atoms with Crippen molar-refractivity contribution in [2.75, 3.05) is 20.8 Å². The molecule has 1 aromatic heterocycles. The highest BCUT2D eigenvalue weighted by molar-refractivity contribution is 6.04. The number of hydrogen-bond acceptors (Lipinski definition) is 10. The number of methoxy groups -OCH3 is 2. The molecule has 1 aliphatic rings. The molecule has 3 N–H and O–H groups in total. The van der Waals surface area contributed by atoms with Crippen LogP contribution < -0.4 is 16.7 Å². The van der Waals surface area contributed by atoms with Crippen LogP contribution in [0.5, 0.6) is 0 Å². The lowest BCUT2D eigenvalue weighted by molar-refractivity contribution is -0.158. The lowest BCUT2D eigenvalue weighted by Crippen LogP contribution is -2.39. The molecule has 1 fully saturated rings. The highest BCUT2D eigenvalue weighted by Crippen LogP contribution is 2.34. The molecule has 176 valence electrons. The van der Waals surface area contributed by atoms with E-state index >= 15 is 0 Å². The Morgan fingerprint density at radius 1 is 1.12 bits per heavy atom. The molecule has 0 unspecified atom stereocenters. The van der Waals surface area contributed by atoms with Gasteiger partial charge in [-0.15, -0.1) is 0 Å². The molecular formula is C20H21N3O10. The van der Waals surface area contributed by atoms with Gasteiger partial charge in [0, 0.05) is 12.3 Å². The summed E-state index contributed by atoms with van der Waals surface area (Å²) in [5.41, 5.74) is 0.619. The SMILES string of the molecule is COC(=O)c1ccccc1C(=O)NOC[C@H]1[C@@H](O)[C@H](n2ccc(=O)[nH]c2=O)O[C@@H]1C(=O)OC. The van der Waals surface area contributed by atoms with E-state index < -0.39 is 60.1 Å². The summed E-state index contributed by atoms with van der Waals surface area (Å²) in [6, 6.07) is 6.92. The highest BCUT2D eigenvalue weighted by atomic mass is 16.7. The fourth-order valence-electron chi connectivity index (χ4n) is 3.34. The predicted molar refractivity (Wildman–Crippen MR) is 108 cm³/mol. The number of hydroxylamine groups is 1. The second-order valence-corrected chi connectivity index (χ2v) is 6.92. The average molecular weight is 463 g/mol. The first kappa shape index (κ1) is 23.8. The number of aromatic nitrogens is 2. The molecule has 2 heterocycles. The van der Waals surface area contributed by atoms with Crippen LogP contribution >= 0.6 is 0 Å². The van der Waals surface area contributed by atoms with E-state index in [9.17, 15) is 29.1 Å². The van der Waals surface area contributed by atoms with Crippen LogP contribution in [0, 0.1) is 5.92 Å². The number of aliphatic hydroxyl groups excluding tert-OH is 1. The molecule has 1 aliphatic heterocycles. The monoisotopic (exact) mass is 463 g/mol. The van der Waals surface area contributed by atoms with Crippen LogP contribution in [0.15, 0.2) is 46.1 Å². The number of aliphatic hydroxyl groups is 1. The summed E-state index contributed by atoms with van der Waals surface area (Å²) in [4.78, 5) is 67.0. The van der Waals surface area contributed by atoms with Crippen molar-refractivity contribution in [3.05, 3.63) is 68.5 Å². The Labute approximate surface area is 185 Å². The quantitative estimate of drug-likeness (QED) is 0.332. The lowest BCUT2D eigenvalue weighted by atomic mass is 9.99. The van der Waals surface area contributed by atoms with E-state index in [1.807, 2.05) is 4.98 Å². The Morgan fingerprint density at radius 2 is 1.82 bits per heavy atom. The van der Waals surface area contributed by atoms with E-state index in [4.69, 9.17) is 9.57 Å². The number of nitrogens with one attached hydrogen (secondary N) is 2. The Bertz CT molecular complexity index is 1160. The maximum Gasteiger partial charge on any atom is 0.338 e. The number of esters is 2. The lowest BCUT2D eigenvalue weighted by Gasteiger charge is -2.19. The normalized spacial score (nSPS) is 21.9. The van der Waals surface area contributed by atoms with Crippen LogP contribution in [0.3, 0.4) is 0 Å². The molecule has 2 aromatic rings. The van der Waals surface area contributed by atoms with Gasteiger partial charge in [-0.2, -0.15) is 0 Å². The Morgan fingerprint density at radius 3 is 2.45 bits per heavy atom. The molecule has 1 aromatic carbocycles. The molecular weight excluding hydrogens is 442 g/mol. The smallest absolute Gasteiger partial charge is 0.338 e. The van der Waals surface area contributed by atoms with Gasteiger partial charge in [-0.1, -0.05) is 12.1 Å². The topological polar surface area (TPSA) is 175 Å². The van der Waals surface area contributed by atoms with Crippen molar-refractivity contribution < 1.29 is 38.5 Å². The summed E-state index contributed by atoms with van der Waals surface area (Å²) < 4.78 is 15.7. The predicted octanol–water partition coefficient (Wildman–Crippen LogP) is -1.27. The standard InChI is InChI=1S/C20H21N3O10/c1-30-18(27)11-6-4-3-5-10(11)16(26)22-32-9-12-14(25)17(33-15(12)19(28)31-2)23-8-7-13(24)21-20(23)29/h3-8,12,14-15,17,25H,9H2,1-2H3,(H,22,26)(H,21,24,29)/t12-,14+,15-,17+/m0/s1. The number of benzene rings is 1. The van der Waals surface area contributed by atoms with E-state index in [0.29, 0.717) is 0 Å². The van der Waals surface area contributed by atoms with Gasteiger partial charge in [-0.25, -0.2) is 19.9 Å². The Hall–Kier alpha value is -3.81. The maximum absolute atomic E-state index is 12.5. The number of rotatable bonds is 7. The molecule has 13 nitrogen and oxygen atoms in total. The van der Waals surface area contributed by atoms with Crippen molar-refractivity contribution in [2.45, 2.75) is 18.4 Å². The van der Waals surface area contributed by atoms with Crippen molar-refractivity contribution in [3.63, 3.8) is 0 Å². The molecule has 0 radical (unpaired) electrons. The first-order chi connectivity index (χ1) is 15.8. The van der Waals surface area contributed by atoms with Crippen LogP contribution in [0.2, 0.25) is 0 Å². The van der Waals surface area contributed by atoms with Crippen molar-refractivity contribution >= 4 is 17.8 Å². The Kier molecular flexibility index (Phi) is 7.37. The van der Waals surface area contributed by atoms with Gasteiger partial charge in [0.2, 0.25) is 0 Å². The third kappa shape index (κ3) is 5.00. The van der Waals surface area contributed by atoms with Crippen LogP contribution in [0.4, 0.5) is 0 Å². The third-order valence-corrected chi connectivity index (χ3v) is 4.98. The number of aromatic amines is 1. The van der Waals surface area contributed by atoms with E-state index in [1.54, 1.807) is 6.07 Å². The maximum atomic E-state index is 12.5. The molecule has 1 amide bonds. The molecule has 33 heavy (non-hydrogen) atoms. The zero-order valence-electron chi connectivity index (χ0n) is 17.5. The largest absolute Gasteiger partial charge is 0.467 e. The van der Waals surface area contributed by atoms with Gasteiger partial charge >= 0.3 is 17.6 Å². The van der Waals surface area contributed by atoms with Crippen molar-refractivity contribution in [2.24, 2.45) is 5.92 Å². The van der Waals surface area contributed by atoms with Gasteiger partial charge < -0.3 is 19.3 Å². The number of ether oxygens (including phenoxy) is 3. The number of carbonyl (C=O) groups is 3. The van der Waals surface area contributed by atoms with Gasteiger partial charge in [0.15, 0.2) is 12.3 Å². The van der Waals surface area contributed by atoms with Gasteiger partial charge in [-0.3, -0.25) is 24.0 Å². The minimum Gasteiger partial charge on any atom is -0.467 e. The molecule has 0 bridgehead atoms. The van der Waals surface area contributed by atoms with E-state index in [0.717, 1.165) is 23.9 Å². The third-order valence-electron chi connectivity index (χ3n) is 4.98. The molecule has 0 aliphatic carbocycles. The second kappa shape index (κ2) is 10.2. The van der Waals surface area contributed by atoms with Crippen molar-refractivity contribution in [1.29, 1.82) is 0 Å². The van der Waals surface area contributed by atoms with Gasteiger partial charge in [-0.05, 0) is 12.1 Å². The van der Waals surface area contributed by atoms with E-state index in [-0.39, 0.29) is 11.1 Å². The summed E-state index contributed by atoms with van der Waals surface area (Å²) in [6.07, 6.45) is -3.01. The summed E-state index contributed by atoms with van der Waals surface area (Å²) in [5.74, 6) is -3.39. The van der Waals surface area contributed by atoms with E-state index in [1.165, 1.54) is 25.3 Å². The first-order valence-corrected chi connectivity index (χ1v) is 9.60.